The van der Waals surface area contributed by atoms with Crippen molar-refractivity contribution in [3.05, 3.63) is 0 Å². The Balaban J connectivity index is 2.05. The number of piperidine rings is 1. The Morgan fingerprint density at radius 2 is 2.25 bits per heavy atom. The molecule has 0 aromatic rings. The second kappa shape index (κ2) is 3.17. The molecule has 0 spiro atoms. The first-order valence-corrected chi connectivity index (χ1v) is 5.02. The fraction of sp³-hybridized carbons (Fsp3) is 0.900. The molecule has 0 bridgehead atoms. The average molecular weight is 167 g/mol. The molecule has 0 amide bonds. The number of rotatable bonds is 0. The Labute approximate surface area is 73.7 Å². The van der Waals surface area contributed by atoms with Crippen LogP contribution in [0.3, 0.4) is 0 Å². The van der Waals surface area contributed by atoms with E-state index in [9.17, 15) is 4.79 Å². The Kier molecular flexibility index (Phi) is 2.18. The van der Waals surface area contributed by atoms with E-state index >= 15 is 0 Å². The summed E-state index contributed by atoms with van der Waals surface area (Å²) >= 11 is 0. The smallest absolute Gasteiger partial charge is 0.133 e. The van der Waals surface area contributed by atoms with E-state index in [1.165, 1.54) is 6.42 Å². The highest BCUT2D eigenvalue weighted by Gasteiger charge is 2.35. The molecule has 1 aliphatic carbocycles. The average Bonchev–Trinajstić information content (AvgIpc) is 2.07. The van der Waals surface area contributed by atoms with Gasteiger partial charge in [-0.15, -0.1) is 0 Å². The summed E-state index contributed by atoms with van der Waals surface area (Å²) < 4.78 is 0. The van der Waals surface area contributed by atoms with Gasteiger partial charge >= 0.3 is 0 Å². The van der Waals surface area contributed by atoms with Gasteiger partial charge in [0.25, 0.3) is 0 Å². The molecule has 2 rings (SSSR count). The van der Waals surface area contributed by atoms with Crippen LogP contribution >= 0.6 is 0 Å². The molecular formula is C10H17NO. The molecule has 2 heteroatoms. The molecular weight excluding hydrogens is 150 g/mol. The van der Waals surface area contributed by atoms with Crippen molar-refractivity contribution in [2.75, 3.05) is 6.54 Å². The predicted octanol–water partition coefficient (Wildman–Crippen LogP) is 1.35. The fourth-order valence-corrected chi connectivity index (χ4v) is 2.68. The largest absolute Gasteiger partial charge is 0.314 e. The third-order valence-electron chi connectivity index (χ3n) is 3.49. The molecule has 0 unspecified atom stereocenters. The van der Waals surface area contributed by atoms with E-state index in [0.29, 0.717) is 17.7 Å². The quantitative estimate of drug-likeness (QED) is 0.590. The van der Waals surface area contributed by atoms with Crippen LogP contribution in [0.15, 0.2) is 0 Å². The predicted molar refractivity (Wildman–Crippen MR) is 47.9 cm³/mol. The topological polar surface area (TPSA) is 29.1 Å². The molecule has 1 saturated heterocycles. The summed E-state index contributed by atoms with van der Waals surface area (Å²) in [5, 5.41) is 3.45. The zero-order chi connectivity index (χ0) is 8.55. The summed E-state index contributed by atoms with van der Waals surface area (Å²) in [6.07, 6.45) is 4.10. The van der Waals surface area contributed by atoms with Crippen LogP contribution in [0.2, 0.25) is 0 Å². The summed E-state index contributed by atoms with van der Waals surface area (Å²) in [5.74, 6) is 1.95. The number of hydrogen-bond donors (Lipinski definition) is 1. The third kappa shape index (κ3) is 1.40. The lowest BCUT2D eigenvalue weighted by molar-refractivity contribution is -0.123. The summed E-state index contributed by atoms with van der Waals surface area (Å²) in [4.78, 5) is 11.2. The lowest BCUT2D eigenvalue weighted by Gasteiger charge is -2.39. The number of carbonyl (C=O) groups is 1. The van der Waals surface area contributed by atoms with Gasteiger partial charge in [0.05, 0.1) is 0 Å². The van der Waals surface area contributed by atoms with Crippen LogP contribution in [-0.2, 0) is 4.79 Å². The summed E-state index contributed by atoms with van der Waals surface area (Å²) in [6.45, 7) is 3.37. The molecule has 1 aliphatic heterocycles. The first kappa shape index (κ1) is 8.24. The van der Waals surface area contributed by atoms with Gasteiger partial charge in [0, 0.05) is 18.9 Å². The maximum atomic E-state index is 11.2. The Hall–Kier alpha value is -0.370. The van der Waals surface area contributed by atoms with Crippen LogP contribution in [-0.4, -0.2) is 18.4 Å². The van der Waals surface area contributed by atoms with Crippen LogP contribution in [0.25, 0.3) is 0 Å². The van der Waals surface area contributed by atoms with Gasteiger partial charge in [0.1, 0.15) is 5.78 Å². The van der Waals surface area contributed by atoms with Crippen LogP contribution in [0, 0.1) is 11.8 Å². The van der Waals surface area contributed by atoms with E-state index in [-0.39, 0.29) is 0 Å². The second-order valence-corrected chi connectivity index (χ2v) is 4.24. The first-order valence-electron chi connectivity index (χ1n) is 5.02. The highest BCUT2D eigenvalue weighted by Crippen LogP contribution is 2.34. The lowest BCUT2D eigenvalue weighted by Crippen LogP contribution is -2.46. The number of carbonyl (C=O) groups excluding carboxylic acids is 1. The van der Waals surface area contributed by atoms with E-state index in [2.05, 4.69) is 12.2 Å². The van der Waals surface area contributed by atoms with Crippen LogP contribution in [0.4, 0.5) is 0 Å². The third-order valence-corrected chi connectivity index (χ3v) is 3.49. The van der Waals surface area contributed by atoms with Gasteiger partial charge in [-0.25, -0.2) is 0 Å². The van der Waals surface area contributed by atoms with Gasteiger partial charge in [-0.3, -0.25) is 4.79 Å². The van der Waals surface area contributed by atoms with Crippen LogP contribution in [0.1, 0.15) is 32.6 Å². The maximum Gasteiger partial charge on any atom is 0.133 e. The van der Waals surface area contributed by atoms with Crippen LogP contribution in [0.5, 0.6) is 0 Å². The zero-order valence-corrected chi connectivity index (χ0v) is 7.68. The monoisotopic (exact) mass is 167 g/mol. The van der Waals surface area contributed by atoms with E-state index in [1.54, 1.807) is 0 Å². The lowest BCUT2D eigenvalue weighted by atomic mass is 9.72. The molecule has 68 valence electrons. The normalized spacial score (nSPS) is 42.4. The molecule has 1 heterocycles. The van der Waals surface area contributed by atoms with E-state index in [1.807, 2.05) is 0 Å². The van der Waals surface area contributed by atoms with Gasteiger partial charge in [-0.2, -0.15) is 0 Å². The van der Waals surface area contributed by atoms with Gasteiger partial charge in [0.2, 0.25) is 0 Å². The Morgan fingerprint density at radius 3 is 3.08 bits per heavy atom. The fourth-order valence-electron chi connectivity index (χ4n) is 2.68. The molecule has 0 radical (unpaired) electrons. The van der Waals surface area contributed by atoms with Crippen molar-refractivity contribution in [3.63, 3.8) is 0 Å². The highest BCUT2D eigenvalue weighted by molar-refractivity contribution is 5.79. The molecule has 2 aliphatic rings. The molecule has 2 fully saturated rings. The van der Waals surface area contributed by atoms with Crippen molar-refractivity contribution in [1.82, 2.24) is 5.32 Å². The van der Waals surface area contributed by atoms with Crippen molar-refractivity contribution in [2.45, 2.75) is 38.6 Å². The number of hydrogen-bond acceptors (Lipinski definition) is 2. The molecule has 3 atom stereocenters. The van der Waals surface area contributed by atoms with Gasteiger partial charge < -0.3 is 5.32 Å². The molecule has 1 N–H and O–H groups in total. The van der Waals surface area contributed by atoms with E-state index in [0.717, 1.165) is 31.7 Å². The van der Waals surface area contributed by atoms with Crippen molar-refractivity contribution in [3.8, 4) is 0 Å². The summed E-state index contributed by atoms with van der Waals surface area (Å²) in [6, 6.07) is 0.563. The van der Waals surface area contributed by atoms with Crippen molar-refractivity contribution >= 4 is 5.78 Å². The second-order valence-electron chi connectivity index (χ2n) is 4.24. The summed E-state index contributed by atoms with van der Waals surface area (Å²) in [5.41, 5.74) is 0. The van der Waals surface area contributed by atoms with Crippen molar-refractivity contribution < 1.29 is 4.79 Å². The van der Waals surface area contributed by atoms with Crippen molar-refractivity contribution in [1.29, 1.82) is 0 Å². The number of fused-ring (bicyclic) bond motifs is 1. The zero-order valence-electron chi connectivity index (χ0n) is 7.68. The number of ketones is 1. The minimum absolute atomic E-state index is 0.479. The van der Waals surface area contributed by atoms with Crippen LogP contribution < -0.4 is 5.32 Å². The SMILES string of the molecule is C[C@H]1NCC[C@H]2CCC(=O)C[C@@H]21. The van der Waals surface area contributed by atoms with E-state index < -0.39 is 0 Å². The number of Topliss-reactive ketones (excluding diaryl/α,β-unsaturated/α-hetero) is 1. The standard InChI is InChI=1S/C10H17NO/c1-7-10-6-9(12)3-2-8(10)4-5-11-7/h7-8,10-11H,2-6H2,1H3/t7-,8-,10-/m1/s1. The van der Waals surface area contributed by atoms with Gasteiger partial charge in [0.15, 0.2) is 0 Å². The molecule has 2 nitrogen and oxygen atoms in total. The minimum atomic E-state index is 0.479. The first-order chi connectivity index (χ1) is 5.77. The number of nitrogens with one attached hydrogen (secondary N) is 1. The van der Waals surface area contributed by atoms with Gasteiger partial charge in [-0.05, 0) is 38.1 Å². The molecule has 0 aromatic carbocycles. The van der Waals surface area contributed by atoms with Gasteiger partial charge in [-0.1, -0.05) is 0 Å². The molecule has 0 aromatic heterocycles. The Morgan fingerprint density at radius 1 is 1.42 bits per heavy atom. The minimum Gasteiger partial charge on any atom is -0.314 e. The molecule has 12 heavy (non-hydrogen) atoms. The van der Waals surface area contributed by atoms with E-state index in [4.69, 9.17) is 0 Å². The maximum absolute atomic E-state index is 11.2. The molecule has 1 saturated carbocycles. The van der Waals surface area contributed by atoms with Crippen molar-refractivity contribution in [2.24, 2.45) is 11.8 Å². The Bertz CT molecular complexity index is 190. The summed E-state index contributed by atoms with van der Waals surface area (Å²) in [7, 11) is 0. The highest BCUT2D eigenvalue weighted by atomic mass is 16.1.